The van der Waals surface area contributed by atoms with Gasteiger partial charge in [-0.25, -0.2) is 4.39 Å². The van der Waals surface area contributed by atoms with Gasteiger partial charge in [-0.1, -0.05) is 0 Å². The number of carbonyl (C=O) groups excluding carboxylic acids is 2. The zero-order chi connectivity index (χ0) is 23.5. The first kappa shape index (κ1) is 25.6. The minimum absolute atomic E-state index is 0. The van der Waals surface area contributed by atoms with Crippen LogP contribution in [0, 0.1) is 5.82 Å². The van der Waals surface area contributed by atoms with Crippen LogP contribution in [-0.2, 0) is 19.3 Å². The van der Waals surface area contributed by atoms with Gasteiger partial charge in [0.25, 0.3) is 5.91 Å². The number of alkyl halides is 3. The van der Waals surface area contributed by atoms with Crippen molar-refractivity contribution < 1.29 is 54.3 Å². The fraction of sp³-hybridized carbons (Fsp3) is 0.136. The second-order valence-corrected chi connectivity index (χ2v) is 6.92. The Labute approximate surface area is 191 Å². The second-order valence-electron chi connectivity index (χ2n) is 6.92. The summed E-state index contributed by atoms with van der Waals surface area (Å²) < 4.78 is 53.3. The van der Waals surface area contributed by atoms with Crippen LogP contribution in [0.3, 0.4) is 0 Å². The number of hydrogen-bond acceptors (Lipinski definition) is 4. The van der Waals surface area contributed by atoms with Gasteiger partial charge in [0, 0.05) is 18.2 Å². The average molecular weight is 485 g/mol. The van der Waals surface area contributed by atoms with E-state index in [0.29, 0.717) is 6.07 Å². The number of hydrogen-bond donors (Lipinski definition) is 3. The van der Waals surface area contributed by atoms with Crippen molar-refractivity contribution in [2.24, 2.45) is 0 Å². The van der Waals surface area contributed by atoms with Gasteiger partial charge in [0.05, 0.1) is 5.56 Å². The third kappa shape index (κ3) is 6.66. The molecule has 6 nitrogen and oxygen atoms in total. The molecular weight excluding hydrogens is 468 g/mol. The molecule has 0 atom stereocenters. The number of amides is 1. The molecule has 3 N–H and O–H groups in total. The van der Waals surface area contributed by atoms with Crippen molar-refractivity contribution in [3.05, 3.63) is 89.0 Å². The molecule has 11 heteroatoms. The van der Waals surface area contributed by atoms with Gasteiger partial charge in [-0.15, -0.1) is 0 Å². The highest BCUT2D eigenvalue weighted by Crippen LogP contribution is 2.30. The summed E-state index contributed by atoms with van der Waals surface area (Å²) in [5.41, 5.74) is -0.939. The summed E-state index contributed by atoms with van der Waals surface area (Å²) in [7, 11) is 0. The predicted octanol–water partition coefficient (Wildman–Crippen LogP) is 0.360. The monoisotopic (exact) mass is 484 g/mol. The van der Waals surface area contributed by atoms with Crippen molar-refractivity contribution in [3.8, 4) is 11.5 Å². The number of nitrogens with zero attached hydrogens (tertiary/aromatic N) is 1. The summed E-state index contributed by atoms with van der Waals surface area (Å²) in [6.07, 6.45) is -1.83. The van der Waals surface area contributed by atoms with Crippen LogP contribution in [0.15, 0.2) is 60.9 Å². The van der Waals surface area contributed by atoms with Crippen molar-refractivity contribution in [3.63, 3.8) is 0 Å². The van der Waals surface area contributed by atoms with Crippen LogP contribution in [-0.4, -0.2) is 21.9 Å². The van der Waals surface area contributed by atoms with Crippen molar-refractivity contribution in [2.75, 3.05) is 0 Å². The SMILES string of the molecule is O=C(C[n+]1cccc(C(=O)NCc2cc(F)cc(C(F)(F)F)c2)c1)c1ccc(O)c(O)c1.[Cl-]. The molecule has 0 spiro atoms. The van der Waals surface area contributed by atoms with Gasteiger partial charge < -0.3 is 27.9 Å². The van der Waals surface area contributed by atoms with E-state index in [4.69, 9.17) is 0 Å². The van der Waals surface area contributed by atoms with Crippen LogP contribution in [0.4, 0.5) is 17.6 Å². The van der Waals surface area contributed by atoms with Crippen LogP contribution in [0.1, 0.15) is 31.8 Å². The van der Waals surface area contributed by atoms with Crippen molar-refractivity contribution in [1.29, 1.82) is 0 Å². The van der Waals surface area contributed by atoms with Crippen LogP contribution < -0.4 is 22.3 Å². The molecule has 0 radical (unpaired) electrons. The van der Waals surface area contributed by atoms with E-state index < -0.39 is 35.0 Å². The first-order chi connectivity index (χ1) is 15.0. The number of ketones is 1. The lowest BCUT2D eigenvalue weighted by Gasteiger charge is -2.10. The van der Waals surface area contributed by atoms with Gasteiger partial charge in [-0.05, 0) is 48.0 Å². The number of benzene rings is 2. The van der Waals surface area contributed by atoms with Gasteiger partial charge in [-0.2, -0.15) is 17.7 Å². The molecule has 0 saturated heterocycles. The molecule has 0 aliphatic carbocycles. The number of carbonyl (C=O) groups is 2. The number of aromatic hydroxyl groups is 2. The molecule has 1 amide bonds. The molecule has 0 aliphatic heterocycles. The first-order valence-corrected chi connectivity index (χ1v) is 9.22. The van der Waals surface area contributed by atoms with E-state index in [1.54, 1.807) is 0 Å². The van der Waals surface area contributed by atoms with Crippen molar-refractivity contribution >= 4 is 11.7 Å². The zero-order valence-electron chi connectivity index (χ0n) is 16.7. The van der Waals surface area contributed by atoms with E-state index in [1.807, 2.05) is 0 Å². The van der Waals surface area contributed by atoms with Gasteiger partial charge in [0.15, 0.2) is 23.9 Å². The lowest BCUT2D eigenvalue weighted by Crippen LogP contribution is -3.00. The Hall–Kier alpha value is -3.66. The predicted molar refractivity (Wildman–Crippen MR) is 103 cm³/mol. The van der Waals surface area contributed by atoms with Gasteiger partial charge >= 0.3 is 6.18 Å². The second kappa shape index (κ2) is 10.3. The molecular formula is C22H17ClF4N2O4. The number of phenols is 2. The minimum Gasteiger partial charge on any atom is -1.00 e. The highest BCUT2D eigenvalue weighted by Gasteiger charge is 2.31. The third-order valence-corrected chi connectivity index (χ3v) is 4.48. The number of halogens is 5. The number of rotatable bonds is 6. The maximum atomic E-state index is 13.5. The molecule has 1 aromatic heterocycles. The first-order valence-electron chi connectivity index (χ1n) is 9.22. The summed E-state index contributed by atoms with van der Waals surface area (Å²) in [6.45, 7) is -0.509. The summed E-state index contributed by atoms with van der Waals surface area (Å²) in [5.74, 6) is -2.91. The summed E-state index contributed by atoms with van der Waals surface area (Å²) in [4.78, 5) is 24.8. The number of phenolic OH excluding ortho intramolecular Hbond substituents is 2. The fourth-order valence-electron chi connectivity index (χ4n) is 2.91. The Morgan fingerprint density at radius 1 is 0.970 bits per heavy atom. The Kier molecular flexibility index (Phi) is 7.99. The maximum Gasteiger partial charge on any atom is 0.416 e. The molecule has 0 aliphatic rings. The smallest absolute Gasteiger partial charge is 0.416 e. The molecule has 0 fully saturated rings. The van der Waals surface area contributed by atoms with Crippen LogP contribution in [0.2, 0.25) is 0 Å². The van der Waals surface area contributed by atoms with Crippen LogP contribution in [0.5, 0.6) is 11.5 Å². The van der Waals surface area contributed by atoms with E-state index >= 15 is 0 Å². The highest BCUT2D eigenvalue weighted by molar-refractivity contribution is 5.96. The lowest BCUT2D eigenvalue weighted by atomic mass is 10.1. The molecule has 0 unspecified atom stereocenters. The molecule has 2 aromatic carbocycles. The maximum absolute atomic E-state index is 13.5. The fourth-order valence-corrected chi connectivity index (χ4v) is 2.91. The highest BCUT2D eigenvalue weighted by atomic mass is 35.5. The Morgan fingerprint density at radius 2 is 1.70 bits per heavy atom. The Bertz CT molecular complexity index is 1190. The van der Waals surface area contributed by atoms with Crippen LogP contribution in [0.25, 0.3) is 0 Å². The molecule has 3 aromatic rings. The van der Waals surface area contributed by atoms with E-state index in [-0.39, 0.29) is 47.9 Å². The van der Waals surface area contributed by atoms with E-state index in [1.165, 1.54) is 41.2 Å². The number of pyridine rings is 1. The minimum atomic E-state index is -4.72. The van der Waals surface area contributed by atoms with E-state index in [0.717, 1.165) is 18.2 Å². The molecule has 33 heavy (non-hydrogen) atoms. The quantitative estimate of drug-likeness (QED) is 0.204. The molecule has 0 saturated carbocycles. The van der Waals surface area contributed by atoms with Crippen molar-refractivity contribution in [1.82, 2.24) is 5.32 Å². The van der Waals surface area contributed by atoms with Gasteiger partial charge in [0.1, 0.15) is 11.4 Å². The summed E-state index contributed by atoms with van der Waals surface area (Å²) >= 11 is 0. The molecule has 174 valence electrons. The number of Topliss-reactive ketones (excluding diaryl/α,β-unsaturated/α-hetero) is 1. The Balaban J connectivity index is 0.00000385. The number of nitrogens with one attached hydrogen (secondary N) is 1. The topological polar surface area (TPSA) is 90.5 Å². The average Bonchev–Trinajstić information content (AvgIpc) is 2.73. The molecule has 3 rings (SSSR count). The normalized spacial score (nSPS) is 10.9. The van der Waals surface area contributed by atoms with Gasteiger partial charge in [-0.3, -0.25) is 9.59 Å². The zero-order valence-corrected chi connectivity index (χ0v) is 17.5. The van der Waals surface area contributed by atoms with Crippen LogP contribution >= 0.6 is 0 Å². The summed E-state index contributed by atoms with van der Waals surface area (Å²) in [5, 5.41) is 21.3. The largest absolute Gasteiger partial charge is 1.00 e. The van der Waals surface area contributed by atoms with E-state index in [2.05, 4.69) is 5.32 Å². The third-order valence-electron chi connectivity index (χ3n) is 4.48. The number of aromatic nitrogens is 1. The van der Waals surface area contributed by atoms with E-state index in [9.17, 15) is 37.4 Å². The molecule has 1 heterocycles. The summed E-state index contributed by atoms with van der Waals surface area (Å²) in [6, 6.07) is 8.58. The van der Waals surface area contributed by atoms with Crippen molar-refractivity contribution in [2.45, 2.75) is 19.3 Å². The van der Waals surface area contributed by atoms with Gasteiger partial charge in [0.2, 0.25) is 12.3 Å². The Morgan fingerprint density at radius 3 is 2.36 bits per heavy atom. The standard InChI is InChI=1S/C22H16F4N2O4.ClH/c23-17-7-13(6-16(9-17)22(24,25)26)10-27-21(32)15-2-1-5-28(11-15)12-20(31)14-3-4-18(29)19(30)8-14;/h1-9,11H,10,12H2,(H2-,27,29,30,31,32);1H. The lowest BCUT2D eigenvalue weighted by molar-refractivity contribution is -0.683. The molecule has 0 bridgehead atoms.